The lowest BCUT2D eigenvalue weighted by atomic mass is 9.86. The molecule has 1 aliphatic carbocycles. The van der Waals surface area contributed by atoms with Gasteiger partial charge in [-0.1, -0.05) is 19.9 Å². The fraction of sp³-hybridized carbons (Fsp3) is 0.929. The largest absolute Gasteiger partial charge is 0.433 e. The lowest BCUT2D eigenvalue weighted by Crippen LogP contribution is -2.68. The quantitative estimate of drug-likeness (QED) is 0.0448. The van der Waals surface area contributed by atoms with Gasteiger partial charge in [-0.2, -0.15) is 0 Å². The molecule has 5 heterocycles. The molecule has 5 saturated heterocycles. The van der Waals surface area contributed by atoms with E-state index in [9.17, 15) is 96.7 Å². The van der Waals surface area contributed by atoms with Crippen molar-refractivity contribution in [3.63, 3.8) is 0 Å². The van der Waals surface area contributed by atoms with Crippen molar-refractivity contribution in [3.05, 3.63) is 11.6 Å². The SMILES string of the molecule is CC(C)CC(=O)OC1OC(CO)C(OC2OC(C)C(NC3C=C(CO)C(OC4OC(CO)C(OC5OC(CO)C(OC6OC(CO)C(O)C(O)C6O)C(O)C5O)C(O)C4O)C(O)C3O)C(O)C2O)C(O)C1O. The molecule has 0 saturated carbocycles. The Morgan fingerprint density at radius 1 is 0.500 bits per heavy atom. The van der Waals surface area contributed by atoms with Gasteiger partial charge in [0, 0.05) is 6.42 Å². The lowest BCUT2D eigenvalue weighted by molar-refractivity contribution is -0.381. The summed E-state index contributed by atoms with van der Waals surface area (Å²) in [6, 6.07) is -2.60. The molecule has 418 valence electrons. The minimum Gasteiger partial charge on any atom is -0.433 e. The highest BCUT2D eigenvalue weighted by Gasteiger charge is 2.56. The Kier molecular flexibility index (Phi) is 21.0. The number of carbonyl (C=O) groups excluding carboxylic acids is 1. The van der Waals surface area contributed by atoms with E-state index in [0.29, 0.717) is 0 Å². The van der Waals surface area contributed by atoms with Crippen molar-refractivity contribution in [1.29, 1.82) is 0 Å². The van der Waals surface area contributed by atoms with Gasteiger partial charge in [-0.15, -0.1) is 0 Å². The van der Waals surface area contributed by atoms with Crippen molar-refractivity contribution < 1.29 is 144 Å². The third-order valence-corrected chi connectivity index (χ3v) is 13.5. The van der Waals surface area contributed by atoms with Gasteiger partial charge in [0.25, 0.3) is 0 Å². The lowest BCUT2D eigenvalue weighted by Gasteiger charge is -2.49. The minimum atomic E-state index is -2.11. The number of rotatable bonds is 18. The molecule has 72 heavy (non-hydrogen) atoms. The van der Waals surface area contributed by atoms with E-state index in [1.54, 1.807) is 13.8 Å². The molecular weight excluding hydrogens is 982 g/mol. The van der Waals surface area contributed by atoms with Crippen LogP contribution >= 0.6 is 0 Å². The zero-order chi connectivity index (χ0) is 53.2. The van der Waals surface area contributed by atoms with Crippen LogP contribution in [-0.2, 0) is 52.2 Å². The van der Waals surface area contributed by atoms with Gasteiger partial charge in [0.1, 0.15) is 128 Å². The molecule has 19 N–H and O–H groups in total. The molecule has 6 aliphatic rings. The van der Waals surface area contributed by atoms with Crippen LogP contribution in [0.15, 0.2) is 11.6 Å². The van der Waals surface area contributed by atoms with Crippen molar-refractivity contribution in [1.82, 2.24) is 5.32 Å². The van der Waals surface area contributed by atoms with Crippen LogP contribution in [0.4, 0.5) is 0 Å². The summed E-state index contributed by atoms with van der Waals surface area (Å²) < 4.78 is 55.7. The maximum absolute atomic E-state index is 12.2. The molecule has 29 unspecified atom stereocenters. The van der Waals surface area contributed by atoms with Gasteiger partial charge in [0.15, 0.2) is 25.2 Å². The maximum Gasteiger partial charge on any atom is 0.308 e. The Morgan fingerprint density at radius 2 is 0.903 bits per heavy atom. The third kappa shape index (κ3) is 12.6. The van der Waals surface area contributed by atoms with Gasteiger partial charge in [0.05, 0.1) is 51.2 Å². The normalized spacial score (nSPS) is 49.4. The number of esters is 1. The highest BCUT2D eigenvalue weighted by Crippen LogP contribution is 2.36. The molecule has 0 aromatic carbocycles. The number of hydrogen-bond donors (Lipinski definition) is 19. The van der Waals surface area contributed by atoms with E-state index >= 15 is 0 Å². The minimum absolute atomic E-state index is 0.0331. The molecule has 30 nitrogen and oxygen atoms in total. The van der Waals surface area contributed by atoms with E-state index in [1.165, 1.54) is 13.0 Å². The van der Waals surface area contributed by atoms with Crippen LogP contribution in [0, 0.1) is 5.92 Å². The number of carbonyl (C=O) groups is 1. The first-order chi connectivity index (χ1) is 34.0. The first kappa shape index (κ1) is 59.3. The van der Waals surface area contributed by atoms with E-state index in [4.69, 9.17) is 47.4 Å². The number of nitrogens with one attached hydrogen (secondary N) is 1. The summed E-state index contributed by atoms with van der Waals surface area (Å²) in [6.07, 6.45) is -47.1. The van der Waals surface area contributed by atoms with Crippen LogP contribution in [0.3, 0.4) is 0 Å². The van der Waals surface area contributed by atoms with E-state index in [2.05, 4.69) is 5.32 Å². The van der Waals surface area contributed by atoms with Gasteiger partial charge >= 0.3 is 5.97 Å². The van der Waals surface area contributed by atoms with Gasteiger partial charge in [-0.3, -0.25) is 4.79 Å². The smallest absolute Gasteiger partial charge is 0.308 e. The molecule has 6 rings (SSSR count). The van der Waals surface area contributed by atoms with Crippen LogP contribution in [0.1, 0.15) is 27.2 Å². The average molecular weight is 1050 g/mol. The molecule has 0 radical (unpaired) electrons. The number of aliphatic hydroxyl groups is 18. The standard InChI is InChI=1S/C42H71NO29/c1-11(2)4-19(49)68-39-31(60)26(55)35(16(8-46)65-39)70-38-29(58)23(52)20(12(3)63-38)43-14-5-13(6-44)34(25(54)21(14)50)69-41-32(61)27(56)37(17(9-47)66-41)72-42-33(62)28(57)36(18(10-48)67-42)71-40-30(59)24(53)22(51)15(7-45)64-40/h5,11-12,14-18,20-48,50-62H,4,6-10H2,1-3H3. The maximum atomic E-state index is 12.2. The van der Waals surface area contributed by atoms with Crippen molar-refractivity contribution in [2.24, 2.45) is 5.92 Å². The Balaban J connectivity index is 1.06. The summed E-state index contributed by atoms with van der Waals surface area (Å²) >= 11 is 0. The molecule has 5 fully saturated rings. The molecular formula is C42H71NO29. The Labute approximate surface area is 410 Å². The van der Waals surface area contributed by atoms with E-state index in [0.717, 1.165) is 0 Å². The van der Waals surface area contributed by atoms with Crippen molar-refractivity contribution >= 4 is 5.97 Å². The first-order valence-corrected chi connectivity index (χ1v) is 23.5. The monoisotopic (exact) mass is 1050 g/mol. The zero-order valence-corrected chi connectivity index (χ0v) is 39.2. The summed E-state index contributed by atoms with van der Waals surface area (Å²) in [7, 11) is 0. The van der Waals surface area contributed by atoms with Gasteiger partial charge in [0.2, 0.25) is 6.29 Å². The van der Waals surface area contributed by atoms with Gasteiger partial charge < -0.3 is 145 Å². The predicted octanol–water partition coefficient (Wildman–Crippen LogP) is -11.3. The third-order valence-electron chi connectivity index (χ3n) is 13.5. The Morgan fingerprint density at radius 3 is 1.36 bits per heavy atom. The van der Waals surface area contributed by atoms with Crippen molar-refractivity contribution in [3.8, 4) is 0 Å². The molecule has 29 atom stereocenters. The zero-order valence-electron chi connectivity index (χ0n) is 39.2. The van der Waals surface area contributed by atoms with Crippen LogP contribution in [-0.4, -0.2) is 309 Å². The van der Waals surface area contributed by atoms with Crippen LogP contribution in [0.25, 0.3) is 0 Å². The summed E-state index contributed by atoms with van der Waals surface area (Å²) in [5.74, 6) is -0.845. The molecule has 0 aromatic heterocycles. The van der Waals surface area contributed by atoms with E-state index in [1.807, 2.05) is 0 Å². The van der Waals surface area contributed by atoms with E-state index in [-0.39, 0.29) is 17.9 Å². The fourth-order valence-electron chi connectivity index (χ4n) is 9.37. The van der Waals surface area contributed by atoms with Crippen molar-refractivity contribution in [2.45, 2.75) is 205 Å². The summed E-state index contributed by atoms with van der Waals surface area (Å²) in [5, 5.41) is 195. The number of ether oxygens (including phenoxy) is 10. The second-order valence-electron chi connectivity index (χ2n) is 19.1. The van der Waals surface area contributed by atoms with Crippen LogP contribution in [0.2, 0.25) is 0 Å². The van der Waals surface area contributed by atoms with Crippen LogP contribution in [0.5, 0.6) is 0 Å². The number of aliphatic hydroxyl groups excluding tert-OH is 18. The van der Waals surface area contributed by atoms with E-state index < -0.39 is 217 Å². The molecule has 0 amide bonds. The summed E-state index contributed by atoms with van der Waals surface area (Å²) in [4.78, 5) is 12.2. The second kappa shape index (κ2) is 25.5. The second-order valence-corrected chi connectivity index (χ2v) is 19.1. The molecule has 0 spiro atoms. The van der Waals surface area contributed by atoms with Crippen molar-refractivity contribution in [2.75, 3.05) is 33.0 Å². The molecule has 0 bridgehead atoms. The molecule has 30 heteroatoms. The predicted molar refractivity (Wildman–Crippen MR) is 226 cm³/mol. The molecule has 5 aliphatic heterocycles. The van der Waals surface area contributed by atoms with Gasteiger partial charge in [-0.25, -0.2) is 0 Å². The average Bonchev–Trinajstić information content (AvgIpc) is 3.35. The molecule has 0 aromatic rings. The highest BCUT2D eigenvalue weighted by atomic mass is 16.8. The Hall–Kier alpha value is -1.91. The highest BCUT2D eigenvalue weighted by molar-refractivity contribution is 5.69. The topological polar surface area (TPSA) is 486 Å². The fourth-order valence-corrected chi connectivity index (χ4v) is 9.37. The number of hydrogen-bond acceptors (Lipinski definition) is 30. The summed E-state index contributed by atoms with van der Waals surface area (Å²) in [5.41, 5.74) is -0.147. The van der Waals surface area contributed by atoms with Crippen LogP contribution < -0.4 is 5.32 Å². The van der Waals surface area contributed by atoms with Gasteiger partial charge in [-0.05, 0) is 18.4 Å². The summed E-state index contributed by atoms with van der Waals surface area (Å²) in [6.45, 7) is 0.496. The first-order valence-electron chi connectivity index (χ1n) is 23.5. The Bertz CT molecular complexity index is 1730.